The molecule has 4 rings (SSSR count). The first-order chi connectivity index (χ1) is 14.5. The molecule has 30 heavy (non-hydrogen) atoms. The van der Waals surface area contributed by atoms with E-state index >= 15 is 0 Å². The largest absolute Gasteiger partial charge is 0.372 e. The maximum Gasteiger partial charge on any atom is 0.234 e. The summed E-state index contributed by atoms with van der Waals surface area (Å²) in [7, 11) is 1.93. The highest BCUT2D eigenvalue weighted by atomic mass is 32.2. The number of benzene rings is 2. The molecule has 1 amide bonds. The summed E-state index contributed by atoms with van der Waals surface area (Å²) in [4.78, 5) is 14.9. The summed E-state index contributed by atoms with van der Waals surface area (Å²) < 4.78 is 1.94. The van der Waals surface area contributed by atoms with Crippen LogP contribution in [-0.4, -0.2) is 39.5 Å². The molecular formula is C23H27N5OS. The van der Waals surface area contributed by atoms with Gasteiger partial charge in [-0.1, -0.05) is 36.0 Å². The van der Waals surface area contributed by atoms with Crippen LogP contribution in [0.2, 0.25) is 0 Å². The number of nitrogens with one attached hydrogen (secondary N) is 1. The van der Waals surface area contributed by atoms with Crippen molar-refractivity contribution < 1.29 is 4.79 Å². The van der Waals surface area contributed by atoms with Crippen LogP contribution in [0.1, 0.15) is 24.0 Å². The van der Waals surface area contributed by atoms with Gasteiger partial charge in [-0.2, -0.15) is 0 Å². The lowest BCUT2D eigenvalue weighted by Crippen LogP contribution is -2.18. The fraction of sp³-hybridized carbons (Fsp3) is 0.348. The van der Waals surface area contributed by atoms with E-state index in [4.69, 9.17) is 0 Å². The van der Waals surface area contributed by atoms with Crippen molar-refractivity contribution in [3.8, 4) is 11.4 Å². The van der Waals surface area contributed by atoms with Crippen LogP contribution < -0.4 is 10.2 Å². The summed E-state index contributed by atoms with van der Waals surface area (Å²) >= 11 is 1.39. The van der Waals surface area contributed by atoms with Gasteiger partial charge in [0.25, 0.3) is 0 Å². The van der Waals surface area contributed by atoms with Crippen LogP contribution in [0, 0.1) is 13.8 Å². The van der Waals surface area contributed by atoms with Crippen molar-refractivity contribution in [3.05, 3.63) is 53.6 Å². The number of aryl methyl sites for hydroxylation is 2. The minimum atomic E-state index is -0.0440. The molecule has 156 valence electrons. The highest BCUT2D eigenvalue weighted by molar-refractivity contribution is 7.99. The zero-order valence-corrected chi connectivity index (χ0v) is 18.5. The molecule has 1 aliphatic heterocycles. The molecule has 0 atom stereocenters. The summed E-state index contributed by atoms with van der Waals surface area (Å²) in [5.41, 5.74) is 5.38. The lowest BCUT2D eigenvalue weighted by Gasteiger charge is -2.19. The number of aromatic nitrogens is 3. The van der Waals surface area contributed by atoms with Gasteiger partial charge >= 0.3 is 0 Å². The number of amides is 1. The van der Waals surface area contributed by atoms with Gasteiger partial charge in [0.1, 0.15) is 0 Å². The molecule has 1 N–H and O–H groups in total. The molecule has 7 heteroatoms. The maximum atomic E-state index is 12.5. The van der Waals surface area contributed by atoms with Crippen molar-refractivity contribution in [3.63, 3.8) is 0 Å². The lowest BCUT2D eigenvalue weighted by atomic mass is 10.1. The second kappa shape index (κ2) is 8.92. The molecule has 0 saturated carbocycles. The SMILES string of the molecule is Cc1cc(N2CCCC2)ccc1NC(=O)CSc1nnc(-c2ccccc2C)n1C. The van der Waals surface area contributed by atoms with Crippen LogP contribution in [0.5, 0.6) is 0 Å². The normalized spacial score (nSPS) is 13.6. The van der Waals surface area contributed by atoms with Gasteiger partial charge in [-0.25, -0.2) is 0 Å². The number of hydrogen-bond acceptors (Lipinski definition) is 5. The third-order valence-corrected chi connectivity index (χ3v) is 6.53. The van der Waals surface area contributed by atoms with Gasteiger partial charge in [-0.05, 0) is 56.0 Å². The highest BCUT2D eigenvalue weighted by Crippen LogP contribution is 2.27. The third kappa shape index (κ3) is 4.36. The van der Waals surface area contributed by atoms with E-state index in [9.17, 15) is 4.79 Å². The Bertz CT molecular complexity index is 1060. The molecule has 2 aromatic carbocycles. The van der Waals surface area contributed by atoms with Crippen LogP contribution >= 0.6 is 11.8 Å². The van der Waals surface area contributed by atoms with Gasteiger partial charge in [0.2, 0.25) is 5.91 Å². The monoisotopic (exact) mass is 421 g/mol. The van der Waals surface area contributed by atoms with Crippen molar-refractivity contribution in [2.24, 2.45) is 7.05 Å². The molecule has 6 nitrogen and oxygen atoms in total. The number of anilines is 2. The number of carbonyl (C=O) groups excluding carboxylic acids is 1. The van der Waals surface area contributed by atoms with E-state index in [0.29, 0.717) is 0 Å². The molecule has 0 unspecified atom stereocenters. The summed E-state index contributed by atoms with van der Waals surface area (Å²) in [6.45, 7) is 6.33. The molecule has 0 bridgehead atoms. The van der Waals surface area contributed by atoms with Crippen molar-refractivity contribution in [1.82, 2.24) is 14.8 Å². The van der Waals surface area contributed by atoms with Gasteiger partial charge in [-0.15, -0.1) is 10.2 Å². The molecule has 1 aliphatic rings. The second-order valence-corrected chi connectivity index (χ2v) is 8.65. The van der Waals surface area contributed by atoms with E-state index in [1.54, 1.807) is 0 Å². The van der Waals surface area contributed by atoms with E-state index in [2.05, 4.69) is 45.5 Å². The standard InChI is InChI=1S/C23H27N5OS/c1-16-8-4-5-9-19(16)22-25-26-23(27(22)3)30-15-21(29)24-20-11-10-18(14-17(20)2)28-12-6-7-13-28/h4-5,8-11,14H,6-7,12-13,15H2,1-3H3,(H,24,29). The molecule has 1 saturated heterocycles. The molecule has 0 radical (unpaired) electrons. The first-order valence-electron chi connectivity index (χ1n) is 10.3. The van der Waals surface area contributed by atoms with Crippen molar-refractivity contribution in [1.29, 1.82) is 0 Å². The molecule has 3 aromatic rings. The highest BCUT2D eigenvalue weighted by Gasteiger charge is 2.16. The molecule has 0 aliphatic carbocycles. The van der Waals surface area contributed by atoms with Crippen molar-refractivity contribution in [2.75, 3.05) is 29.1 Å². The summed E-state index contributed by atoms with van der Waals surface area (Å²) in [6.07, 6.45) is 2.50. The van der Waals surface area contributed by atoms with Crippen LogP contribution in [-0.2, 0) is 11.8 Å². The van der Waals surface area contributed by atoms with Gasteiger partial charge in [-0.3, -0.25) is 4.79 Å². The number of thioether (sulfide) groups is 1. The first kappa shape index (κ1) is 20.5. The quantitative estimate of drug-likeness (QED) is 0.597. The lowest BCUT2D eigenvalue weighted by molar-refractivity contribution is -0.113. The van der Waals surface area contributed by atoms with E-state index in [0.717, 1.165) is 46.4 Å². The minimum Gasteiger partial charge on any atom is -0.372 e. The third-order valence-electron chi connectivity index (χ3n) is 5.51. The Morgan fingerprint density at radius 2 is 1.83 bits per heavy atom. The number of nitrogens with zero attached hydrogens (tertiary/aromatic N) is 4. The Morgan fingerprint density at radius 3 is 2.57 bits per heavy atom. The second-order valence-electron chi connectivity index (χ2n) is 7.71. The van der Waals surface area contributed by atoms with E-state index in [-0.39, 0.29) is 11.7 Å². The van der Waals surface area contributed by atoms with Crippen molar-refractivity contribution >= 4 is 29.0 Å². The van der Waals surface area contributed by atoms with Gasteiger partial charge in [0.15, 0.2) is 11.0 Å². The molecule has 1 fully saturated rings. The van der Waals surface area contributed by atoms with E-state index in [1.807, 2.05) is 42.8 Å². The van der Waals surface area contributed by atoms with Gasteiger partial charge in [0, 0.05) is 37.1 Å². The smallest absolute Gasteiger partial charge is 0.234 e. The maximum absolute atomic E-state index is 12.5. The average Bonchev–Trinajstić information content (AvgIpc) is 3.39. The van der Waals surface area contributed by atoms with E-state index in [1.165, 1.54) is 30.3 Å². The number of carbonyl (C=O) groups is 1. The van der Waals surface area contributed by atoms with Gasteiger partial charge in [0.05, 0.1) is 5.75 Å². The predicted molar refractivity (Wildman–Crippen MR) is 123 cm³/mol. The van der Waals surface area contributed by atoms with Crippen LogP contribution in [0.4, 0.5) is 11.4 Å². The Balaban J connectivity index is 1.38. The van der Waals surface area contributed by atoms with Crippen molar-refractivity contribution in [2.45, 2.75) is 31.8 Å². The zero-order valence-electron chi connectivity index (χ0n) is 17.7. The number of rotatable bonds is 6. The zero-order chi connectivity index (χ0) is 21.1. The fourth-order valence-electron chi connectivity index (χ4n) is 3.78. The van der Waals surface area contributed by atoms with Gasteiger partial charge < -0.3 is 14.8 Å². The molecule has 1 aromatic heterocycles. The molecule has 2 heterocycles. The summed E-state index contributed by atoms with van der Waals surface area (Å²) in [5.74, 6) is 1.05. The average molecular weight is 422 g/mol. The fourth-order valence-corrected chi connectivity index (χ4v) is 4.49. The minimum absolute atomic E-state index is 0.0440. The Morgan fingerprint density at radius 1 is 1.07 bits per heavy atom. The van der Waals surface area contributed by atoms with Crippen LogP contribution in [0.15, 0.2) is 47.6 Å². The molecule has 0 spiro atoms. The Kier molecular flexibility index (Phi) is 6.08. The number of hydrogen-bond donors (Lipinski definition) is 1. The van der Waals surface area contributed by atoms with Crippen LogP contribution in [0.3, 0.4) is 0 Å². The Labute approximate surface area is 181 Å². The van der Waals surface area contributed by atoms with Crippen LogP contribution in [0.25, 0.3) is 11.4 Å². The first-order valence-corrected chi connectivity index (χ1v) is 11.2. The summed E-state index contributed by atoms with van der Waals surface area (Å²) in [6, 6.07) is 14.4. The topological polar surface area (TPSA) is 63.1 Å². The Hall–Kier alpha value is -2.80. The predicted octanol–water partition coefficient (Wildman–Crippen LogP) is 4.43. The molecular weight excluding hydrogens is 394 g/mol. The van der Waals surface area contributed by atoms with E-state index < -0.39 is 0 Å². The summed E-state index contributed by atoms with van der Waals surface area (Å²) in [5, 5.41) is 12.4.